The zero-order valence-electron chi connectivity index (χ0n) is 27.7. The summed E-state index contributed by atoms with van der Waals surface area (Å²) in [7, 11) is 0. The molecule has 0 amide bonds. The van der Waals surface area contributed by atoms with Gasteiger partial charge < -0.3 is 4.90 Å². The third kappa shape index (κ3) is 3.76. The SMILES string of the molecule is CC1(C)c2cccc3c2-c2c1cccc2C3(c1ccccc1)c1ccc(N(c2cccc3ccccc23)c2cccc3ccccc23)cc1. The van der Waals surface area contributed by atoms with Gasteiger partial charge in [-0.05, 0) is 79.5 Å². The van der Waals surface area contributed by atoms with Crippen LogP contribution in [0.1, 0.15) is 47.2 Å². The van der Waals surface area contributed by atoms with Gasteiger partial charge in [-0.3, -0.25) is 0 Å². The standard InChI is InChI=1S/C48H35N/c1-47(2)39-22-12-24-41-45(39)46-40(47)23-13-25-42(46)48(41,34-18-4-3-5-19-34)35-28-30-36(31-29-35)49(43-26-10-16-32-14-6-8-20-37(32)43)44-27-11-17-33-15-7-9-21-38(33)44/h3-31H,1-2H3. The minimum atomic E-state index is -0.420. The molecule has 0 saturated heterocycles. The van der Waals surface area contributed by atoms with Crippen LogP contribution in [0.2, 0.25) is 0 Å². The van der Waals surface area contributed by atoms with Crippen LogP contribution in [0.15, 0.2) is 176 Å². The molecule has 0 fully saturated rings. The van der Waals surface area contributed by atoms with Crippen LogP contribution in [0.4, 0.5) is 17.1 Å². The number of rotatable bonds is 5. The van der Waals surface area contributed by atoms with Crippen LogP contribution >= 0.6 is 0 Å². The van der Waals surface area contributed by atoms with Gasteiger partial charge in [0.2, 0.25) is 0 Å². The Morgan fingerprint density at radius 1 is 0.367 bits per heavy atom. The largest absolute Gasteiger partial charge is 0.309 e. The van der Waals surface area contributed by atoms with Gasteiger partial charge in [0.05, 0.1) is 16.8 Å². The molecule has 0 N–H and O–H groups in total. The topological polar surface area (TPSA) is 3.24 Å². The van der Waals surface area contributed by atoms with E-state index in [9.17, 15) is 0 Å². The van der Waals surface area contributed by atoms with Gasteiger partial charge in [0.15, 0.2) is 0 Å². The van der Waals surface area contributed by atoms with Crippen LogP contribution in [0.5, 0.6) is 0 Å². The Balaban J connectivity index is 1.23. The lowest BCUT2D eigenvalue weighted by Crippen LogP contribution is -2.30. The van der Waals surface area contributed by atoms with Gasteiger partial charge in [-0.2, -0.15) is 0 Å². The second-order valence-electron chi connectivity index (χ2n) is 14.1. The van der Waals surface area contributed by atoms with Gasteiger partial charge in [-0.1, -0.05) is 166 Å². The van der Waals surface area contributed by atoms with Crippen LogP contribution < -0.4 is 4.90 Å². The van der Waals surface area contributed by atoms with E-state index in [0.717, 1.165) is 5.69 Å². The first kappa shape index (κ1) is 28.1. The van der Waals surface area contributed by atoms with Gasteiger partial charge >= 0.3 is 0 Å². The van der Waals surface area contributed by atoms with Crippen molar-refractivity contribution in [2.75, 3.05) is 4.90 Å². The fraction of sp³-hybridized carbons (Fsp3) is 0.0833. The molecular formula is C48H35N. The van der Waals surface area contributed by atoms with E-state index in [0.29, 0.717) is 0 Å². The quantitative estimate of drug-likeness (QED) is 0.184. The number of anilines is 3. The van der Waals surface area contributed by atoms with Crippen LogP contribution in [-0.4, -0.2) is 0 Å². The average Bonchev–Trinajstić information content (AvgIpc) is 3.60. The first-order chi connectivity index (χ1) is 24.1. The van der Waals surface area contributed by atoms with E-state index in [-0.39, 0.29) is 5.41 Å². The van der Waals surface area contributed by atoms with Crippen molar-refractivity contribution in [3.8, 4) is 11.1 Å². The van der Waals surface area contributed by atoms with Gasteiger partial charge in [0.1, 0.15) is 0 Å². The Kier molecular flexibility index (Phi) is 5.91. The van der Waals surface area contributed by atoms with Crippen molar-refractivity contribution in [2.45, 2.75) is 24.7 Å². The van der Waals surface area contributed by atoms with E-state index < -0.39 is 5.41 Å². The van der Waals surface area contributed by atoms with Crippen molar-refractivity contribution in [1.82, 2.24) is 0 Å². The minimum absolute atomic E-state index is 0.0270. The summed E-state index contributed by atoms with van der Waals surface area (Å²) in [6, 6.07) is 65.3. The summed E-state index contributed by atoms with van der Waals surface area (Å²) >= 11 is 0. The zero-order chi connectivity index (χ0) is 32.7. The second kappa shape index (κ2) is 10.3. The normalized spacial score (nSPS) is 14.7. The number of hydrogen-bond acceptors (Lipinski definition) is 1. The zero-order valence-corrected chi connectivity index (χ0v) is 27.7. The first-order valence-corrected chi connectivity index (χ1v) is 17.3. The molecule has 0 aliphatic heterocycles. The van der Waals surface area contributed by atoms with E-state index in [1.165, 1.54) is 77.4 Å². The van der Waals surface area contributed by atoms with Crippen molar-refractivity contribution in [2.24, 2.45) is 0 Å². The Labute approximate surface area is 287 Å². The molecule has 0 radical (unpaired) electrons. The Bertz CT molecular complexity index is 2430. The molecule has 0 aromatic heterocycles. The summed E-state index contributed by atoms with van der Waals surface area (Å²) in [4.78, 5) is 2.45. The molecule has 1 heteroatoms. The van der Waals surface area contributed by atoms with E-state index in [4.69, 9.17) is 0 Å². The molecule has 49 heavy (non-hydrogen) atoms. The third-order valence-electron chi connectivity index (χ3n) is 11.3. The monoisotopic (exact) mass is 625 g/mol. The summed E-state index contributed by atoms with van der Waals surface area (Å²) in [5.41, 5.74) is 14.1. The molecule has 0 unspecified atom stereocenters. The molecule has 2 aliphatic rings. The van der Waals surface area contributed by atoms with Gasteiger partial charge in [0, 0.05) is 21.9 Å². The molecule has 1 nitrogen and oxygen atoms in total. The molecule has 0 saturated carbocycles. The van der Waals surface area contributed by atoms with Crippen LogP contribution in [-0.2, 0) is 10.8 Å². The van der Waals surface area contributed by atoms with Crippen molar-refractivity contribution in [3.05, 3.63) is 209 Å². The second-order valence-corrected chi connectivity index (χ2v) is 14.1. The maximum Gasteiger partial charge on any atom is 0.0713 e. The Morgan fingerprint density at radius 2 is 0.796 bits per heavy atom. The van der Waals surface area contributed by atoms with E-state index in [2.05, 4.69) is 195 Å². The lowest BCUT2D eigenvalue weighted by atomic mass is 9.66. The van der Waals surface area contributed by atoms with Crippen LogP contribution in [0, 0.1) is 0 Å². The molecule has 0 bridgehead atoms. The van der Waals surface area contributed by atoms with Gasteiger partial charge in [0.25, 0.3) is 0 Å². The summed E-state index contributed by atoms with van der Waals surface area (Å²) < 4.78 is 0. The molecule has 0 atom stereocenters. The number of fused-ring (bicyclic) bond motifs is 2. The van der Waals surface area contributed by atoms with Crippen molar-refractivity contribution >= 4 is 38.6 Å². The highest BCUT2D eigenvalue weighted by Gasteiger charge is 2.52. The smallest absolute Gasteiger partial charge is 0.0713 e. The lowest BCUT2D eigenvalue weighted by molar-refractivity contribution is 0.652. The molecule has 0 heterocycles. The molecule has 232 valence electrons. The number of nitrogens with zero attached hydrogens (tertiary/aromatic N) is 1. The maximum absolute atomic E-state index is 2.45. The van der Waals surface area contributed by atoms with Crippen LogP contribution in [0.25, 0.3) is 32.7 Å². The number of benzene rings is 8. The van der Waals surface area contributed by atoms with Crippen molar-refractivity contribution < 1.29 is 0 Å². The van der Waals surface area contributed by atoms with E-state index in [1.54, 1.807) is 0 Å². The summed E-state index contributed by atoms with van der Waals surface area (Å²) in [5, 5.41) is 4.92. The summed E-state index contributed by atoms with van der Waals surface area (Å²) in [6.07, 6.45) is 0. The lowest BCUT2D eigenvalue weighted by Gasteiger charge is -2.36. The van der Waals surface area contributed by atoms with E-state index >= 15 is 0 Å². The fourth-order valence-electron chi connectivity index (χ4n) is 9.15. The fourth-order valence-corrected chi connectivity index (χ4v) is 9.15. The molecule has 2 aliphatic carbocycles. The predicted molar refractivity (Wildman–Crippen MR) is 206 cm³/mol. The Morgan fingerprint density at radius 3 is 1.35 bits per heavy atom. The predicted octanol–water partition coefficient (Wildman–Crippen LogP) is 12.5. The summed E-state index contributed by atoms with van der Waals surface area (Å²) in [6.45, 7) is 4.76. The highest BCUT2D eigenvalue weighted by atomic mass is 15.1. The van der Waals surface area contributed by atoms with Gasteiger partial charge in [-0.15, -0.1) is 0 Å². The molecule has 8 aromatic carbocycles. The third-order valence-corrected chi connectivity index (χ3v) is 11.3. The van der Waals surface area contributed by atoms with E-state index in [1.807, 2.05) is 0 Å². The van der Waals surface area contributed by atoms with Crippen LogP contribution in [0.3, 0.4) is 0 Å². The molecule has 10 rings (SSSR count). The van der Waals surface area contributed by atoms with Crippen molar-refractivity contribution in [3.63, 3.8) is 0 Å². The summed E-state index contributed by atoms with van der Waals surface area (Å²) in [5.74, 6) is 0. The highest BCUT2D eigenvalue weighted by molar-refractivity contribution is 6.05. The highest BCUT2D eigenvalue weighted by Crippen LogP contribution is 2.64. The van der Waals surface area contributed by atoms with Gasteiger partial charge in [-0.25, -0.2) is 0 Å². The first-order valence-electron chi connectivity index (χ1n) is 17.3. The molecule has 8 aromatic rings. The Hall–Kier alpha value is -5.92. The maximum atomic E-state index is 2.45. The minimum Gasteiger partial charge on any atom is -0.309 e. The average molecular weight is 626 g/mol. The molecular weight excluding hydrogens is 591 g/mol. The molecule has 0 spiro atoms. The van der Waals surface area contributed by atoms with Crippen molar-refractivity contribution in [1.29, 1.82) is 0 Å². The number of hydrogen-bond donors (Lipinski definition) is 0.